The Labute approximate surface area is 183 Å². The number of likely N-dealkylation sites (N-methyl/N-ethyl adjacent to an activating group) is 2. The minimum Gasteiger partial charge on any atom is -0.436 e. The monoisotopic (exact) mass is 429 g/mol. The van der Waals surface area contributed by atoms with Gasteiger partial charge in [0.25, 0.3) is 5.91 Å². The maximum absolute atomic E-state index is 13.0. The molecular weight excluding hydrogens is 398 g/mol. The van der Waals surface area contributed by atoms with Crippen LogP contribution in [0.2, 0.25) is 0 Å². The lowest BCUT2D eigenvalue weighted by Crippen LogP contribution is -2.53. The van der Waals surface area contributed by atoms with Crippen molar-refractivity contribution >= 4 is 17.9 Å². The van der Waals surface area contributed by atoms with Crippen LogP contribution < -0.4 is 16.0 Å². The highest BCUT2D eigenvalue weighted by Crippen LogP contribution is 2.26. The van der Waals surface area contributed by atoms with Gasteiger partial charge in [-0.1, -0.05) is 44.2 Å². The zero-order chi connectivity index (χ0) is 23.0. The molecule has 1 fully saturated rings. The van der Waals surface area contributed by atoms with Gasteiger partial charge in [0, 0.05) is 26.6 Å². The van der Waals surface area contributed by atoms with E-state index in [1.807, 2.05) is 44.2 Å². The van der Waals surface area contributed by atoms with E-state index in [1.54, 1.807) is 11.9 Å². The van der Waals surface area contributed by atoms with E-state index in [2.05, 4.69) is 22.0 Å². The fourth-order valence-electron chi connectivity index (χ4n) is 3.64. The number of hydrogen-bond donors (Lipinski definition) is 3. The van der Waals surface area contributed by atoms with E-state index >= 15 is 0 Å². The van der Waals surface area contributed by atoms with Crippen molar-refractivity contribution in [3.63, 3.8) is 0 Å². The van der Waals surface area contributed by atoms with Gasteiger partial charge in [-0.05, 0) is 24.9 Å². The first kappa shape index (κ1) is 24.2. The Morgan fingerprint density at radius 3 is 2.55 bits per heavy atom. The molecule has 1 saturated heterocycles. The molecule has 2 unspecified atom stereocenters. The normalized spacial score (nSPS) is 21.7. The first-order chi connectivity index (χ1) is 14.7. The van der Waals surface area contributed by atoms with Crippen molar-refractivity contribution in [2.75, 3.05) is 20.6 Å². The van der Waals surface area contributed by atoms with Crippen molar-refractivity contribution in [1.29, 1.82) is 5.26 Å². The highest BCUT2D eigenvalue weighted by molar-refractivity contribution is 5.86. The number of hydrogen-bond acceptors (Lipinski definition) is 6. The molecule has 3 atom stereocenters. The molecule has 0 radical (unpaired) electrons. The van der Waals surface area contributed by atoms with E-state index in [4.69, 9.17) is 4.74 Å². The standard InChI is InChI=1S/C22H31N5O4/c1-15(2)10-18(31-21(30)25-12-16-8-6-5-7-9-16)20(29)26-22(13-23)11-17(19(28)24-3)27(4)14-22/h5-9,15,17-18H,10-12,14H2,1-4H3,(H,24,28)(H,25,30)(H,26,29)/t17?,18-,22?/m0/s1. The summed E-state index contributed by atoms with van der Waals surface area (Å²) in [5.41, 5.74) is -0.329. The van der Waals surface area contributed by atoms with Crippen LogP contribution in [-0.2, 0) is 20.9 Å². The van der Waals surface area contributed by atoms with Crippen LogP contribution >= 0.6 is 0 Å². The number of rotatable bonds is 8. The predicted molar refractivity (Wildman–Crippen MR) is 115 cm³/mol. The maximum atomic E-state index is 13.0. The molecule has 168 valence electrons. The number of ether oxygens (including phenoxy) is 1. The molecule has 9 nitrogen and oxygen atoms in total. The summed E-state index contributed by atoms with van der Waals surface area (Å²) in [6.45, 7) is 4.30. The summed E-state index contributed by atoms with van der Waals surface area (Å²) in [6.07, 6.45) is -1.30. The van der Waals surface area contributed by atoms with Crippen LogP contribution in [-0.4, -0.2) is 61.1 Å². The number of benzene rings is 1. The second kappa shape index (κ2) is 10.8. The molecule has 0 aliphatic carbocycles. The van der Waals surface area contributed by atoms with Crippen molar-refractivity contribution in [2.24, 2.45) is 5.92 Å². The number of carbonyl (C=O) groups is 3. The lowest BCUT2D eigenvalue weighted by Gasteiger charge is -2.26. The Hall–Kier alpha value is -3.12. The number of nitrogens with zero attached hydrogens (tertiary/aromatic N) is 2. The summed E-state index contributed by atoms with van der Waals surface area (Å²) in [7, 11) is 3.26. The summed E-state index contributed by atoms with van der Waals surface area (Å²) in [5.74, 6) is -0.680. The highest BCUT2D eigenvalue weighted by Gasteiger charge is 2.47. The molecule has 0 bridgehead atoms. The minimum absolute atomic E-state index is 0.0839. The summed E-state index contributed by atoms with van der Waals surface area (Å²) in [4.78, 5) is 39.1. The summed E-state index contributed by atoms with van der Waals surface area (Å²) >= 11 is 0. The van der Waals surface area contributed by atoms with Crippen LogP contribution in [0, 0.1) is 17.2 Å². The topological polar surface area (TPSA) is 124 Å². The van der Waals surface area contributed by atoms with Crippen LogP contribution in [0.3, 0.4) is 0 Å². The zero-order valence-electron chi connectivity index (χ0n) is 18.5. The third kappa shape index (κ3) is 6.69. The van der Waals surface area contributed by atoms with E-state index in [0.717, 1.165) is 5.56 Å². The maximum Gasteiger partial charge on any atom is 0.408 e. The third-order valence-corrected chi connectivity index (χ3v) is 5.23. The Morgan fingerprint density at radius 1 is 1.29 bits per heavy atom. The molecule has 1 aromatic rings. The highest BCUT2D eigenvalue weighted by atomic mass is 16.6. The lowest BCUT2D eigenvalue weighted by atomic mass is 9.96. The average molecular weight is 430 g/mol. The molecular formula is C22H31N5O4. The van der Waals surface area contributed by atoms with Gasteiger partial charge in [0.15, 0.2) is 6.10 Å². The van der Waals surface area contributed by atoms with E-state index in [9.17, 15) is 19.6 Å². The molecule has 1 aromatic carbocycles. The third-order valence-electron chi connectivity index (χ3n) is 5.23. The quantitative estimate of drug-likeness (QED) is 0.570. The molecule has 2 rings (SSSR count). The average Bonchev–Trinajstić information content (AvgIpc) is 3.08. The van der Waals surface area contributed by atoms with Gasteiger partial charge in [-0.2, -0.15) is 5.26 Å². The van der Waals surface area contributed by atoms with Crippen molar-refractivity contribution in [3.05, 3.63) is 35.9 Å². The van der Waals surface area contributed by atoms with E-state index in [-0.39, 0.29) is 31.3 Å². The van der Waals surface area contributed by atoms with Gasteiger partial charge in [-0.25, -0.2) is 4.79 Å². The molecule has 0 aromatic heterocycles. The van der Waals surface area contributed by atoms with Crippen molar-refractivity contribution in [2.45, 2.75) is 50.9 Å². The predicted octanol–water partition coefficient (Wildman–Crippen LogP) is 1.16. The van der Waals surface area contributed by atoms with Crippen molar-refractivity contribution in [3.8, 4) is 6.07 Å². The van der Waals surface area contributed by atoms with Crippen molar-refractivity contribution in [1.82, 2.24) is 20.9 Å². The Kier molecular flexibility index (Phi) is 8.39. The Morgan fingerprint density at radius 2 is 1.97 bits per heavy atom. The smallest absolute Gasteiger partial charge is 0.408 e. The fourth-order valence-corrected chi connectivity index (χ4v) is 3.64. The largest absolute Gasteiger partial charge is 0.436 e. The molecule has 0 saturated carbocycles. The molecule has 3 N–H and O–H groups in total. The number of nitrogens with one attached hydrogen (secondary N) is 3. The van der Waals surface area contributed by atoms with E-state index in [0.29, 0.717) is 6.42 Å². The van der Waals surface area contributed by atoms with Gasteiger partial charge in [0.2, 0.25) is 5.91 Å². The van der Waals surface area contributed by atoms with Gasteiger partial charge in [0.05, 0.1) is 12.1 Å². The van der Waals surface area contributed by atoms with Crippen LogP contribution in [0.5, 0.6) is 0 Å². The molecule has 31 heavy (non-hydrogen) atoms. The first-order valence-electron chi connectivity index (χ1n) is 10.3. The van der Waals surface area contributed by atoms with Crippen LogP contribution in [0.1, 0.15) is 32.3 Å². The van der Waals surface area contributed by atoms with Gasteiger partial charge in [-0.15, -0.1) is 0 Å². The number of nitriles is 1. The number of amides is 3. The molecule has 0 spiro atoms. The van der Waals surface area contributed by atoms with E-state index < -0.39 is 29.7 Å². The van der Waals surface area contributed by atoms with Gasteiger partial charge in [-0.3, -0.25) is 14.5 Å². The first-order valence-corrected chi connectivity index (χ1v) is 10.3. The van der Waals surface area contributed by atoms with E-state index in [1.165, 1.54) is 7.05 Å². The number of alkyl carbamates (subject to hydrolysis) is 1. The molecule has 1 aliphatic rings. The van der Waals surface area contributed by atoms with Gasteiger partial charge in [0.1, 0.15) is 5.54 Å². The lowest BCUT2D eigenvalue weighted by molar-refractivity contribution is -0.131. The summed E-state index contributed by atoms with van der Waals surface area (Å²) in [6, 6.07) is 11.0. The van der Waals surface area contributed by atoms with Crippen LogP contribution in [0.4, 0.5) is 4.79 Å². The van der Waals surface area contributed by atoms with Crippen LogP contribution in [0.25, 0.3) is 0 Å². The van der Waals surface area contributed by atoms with Gasteiger partial charge >= 0.3 is 6.09 Å². The minimum atomic E-state index is -1.23. The Balaban J connectivity index is 2.04. The van der Waals surface area contributed by atoms with Crippen molar-refractivity contribution < 1.29 is 19.1 Å². The zero-order valence-corrected chi connectivity index (χ0v) is 18.5. The Bertz CT molecular complexity index is 823. The number of likely N-dealkylation sites (tertiary alicyclic amines) is 1. The second-order valence-electron chi connectivity index (χ2n) is 8.30. The summed E-state index contributed by atoms with van der Waals surface area (Å²) in [5, 5.41) is 17.7. The van der Waals surface area contributed by atoms with Gasteiger partial charge < -0.3 is 20.7 Å². The number of carbonyl (C=O) groups excluding carboxylic acids is 3. The fraction of sp³-hybridized carbons (Fsp3) is 0.545. The van der Waals surface area contributed by atoms with Crippen LogP contribution in [0.15, 0.2) is 30.3 Å². The SMILES string of the molecule is CNC(=O)C1CC(C#N)(NC(=O)[C@H](CC(C)C)OC(=O)NCc2ccccc2)CN1C. The molecule has 1 aliphatic heterocycles. The second-order valence-corrected chi connectivity index (χ2v) is 8.30. The molecule has 1 heterocycles. The molecule has 9 heteroatoms. The summed E-state index contributed by atoms with van der Waals surface area (Å²) < 4.78 is 5.40. The molecule has 3 amide bonds.